The maximum Gasteiger partial charge on any atom is 0.326 e. The molecule has 3 aromatic rings. The molecule has 124 valence electrons. The molecule has 0 aliphatic heterocycles. The van der Waals surface area contributed by atoms with Crippen LogP contribution in [0, 0.1) is 11.6 Å². The second-order valence-corrected chi connectivity index (χ2v) is 5.40. The molecule has 0 saturated heterocycles. The third-order valence-corrected chi connectivity index (χ3v) is 3.67. The number of amides is 1. The zero-order chi connectivity index (χ0) is 17.1. The first-order valence-corrected chi connectivity index (χ1v) is 7.42. The van der Waals surface area contributed by atoms with Crippen LogP contribution in [-0.4, -0.2) is 22.0 Å². The number of aromatic amines is 1. The van der Waals surface area contributed by atoms with Gasteiger partial charge in [-0.2, -0.15) is 0 Å². The highest BCUT2D eigenvalue weighted by molar-refractivity contribution is 5.78. The Balaban J connectivity index is 1.60. The van der Waals surface area contributed by atoms with Gasteiger partial charge in [-0.15, -0.1) is 0 Å². The minimum Gasteiger partial charge on any atom is -0.354 e. The molecule has 5 nitrogen and oxygen atoms in total. The molecule has 1 amide bonds. The number of fused-ring (bicyclic) bond motifs is 1. The van der Waals surface area contributed by atoms with Gasteiger partial charge in [-0.1, -0.05) is 12.1 Å². The van der Waals surface area contributed by atoms with Crippen LogP contribution < -0.4 is 11.0 Å². The van der Waals surface area contributed by atoms with Crippen molar-refractivity contribution in [1.82, 2.24) is 14.9 Å². The molecule has 24 heavy (non-hydrogen) atoms. The van der Waals surface area contributed by atoms with E-state index in [1.807, 2.05) is 0 Å². The van der Waals surface area contributed by atoms with E-state index in [1.54, 1.807) is 12.1 Å². The minimum atomic E-state index is -0.427. The summed E-state index contributed by atoms with van der Waals surface area (Å²) >= 11 is 0. The monoisotopic (exact) mass is 331 g/mol. The summed E-state index contributed by atoms with van der Waals surface area (Å²) in [7, 11) is 0. The van der Waals surface area contributed by atoms with Crippen molar-refractivity contribution < 1.29 is 13.6 Å². The first-order valence-electron chi connectivity index (χ1n) is 7.42. The maximum atomic E-state index is 13.2. The summed E-state index contributed by atoms with van der Waals surface area (Å²) in [6, 6.07) is 9.74. The van der Waals surface area contributed by atoms with Crippen molar-refractivity contribution in [2.24, 2.45) is 0 Å². The van der Waals surface area contributed by atoms with Crippen LogP contribution in [0.1, 0.15) is 5.56 Å². The van der Waals surface area contributed by atoms with E-state index in [2.05, 4.69) is 10.3 Å². The molecule has 0 spiro atoms. The van der Waals surface area contributed by atoms with Gasteiger partial charge in [0.15, 0.2) is 0 Å². The Kier molecular flexibility index (Phi) is 4.41. The average molecular weight is 331 g/mol. The standard InChI is InChI=1S/C17H15F2N3O2/c18-12-3-1-11(2-4-12)9-16(23)20-7-8-22-15-6-5-13(19)10-14(15)21-17(22)24/h1-6,10H,7-9H2,(H,20,23)(H,21,24). The van der Waals surface area contributed by atoms with Crippen molar-refractivity contribution in [2.75, 3.05) is 6.54 Å². The van der Waals surface area contributed by atoms with Gasteiger partial charge in [0.05, 0.1) is 17.5 Å². The van der Waals surface area contributed by atoms with Gasteiger partial charge in [0.25, 0.3) is 0 Å². The Morgan fingerprint density at radius 1 is 1.08 bits per heavy atom. The van der Waals surface area contributed by atoms with Crippen LogP contribution in [0.5, 0.6) is 0 Å². The average Bonchev–Trinajstić information content (AvgIpc) is 2.84. The number of nitrogens with zero attached hydrogens (tertiary/aromatic N) is 1. The van der Waals surface area contributed by atoms with Crippen molar-refractivity contribution in [1.29, 1.82) is 0 Å². The zero-order valence-electron chi connectivity index (χ0n) is 12.7. The minimum absolute atomic E-state index is 0.133. The van der Waals surface area contributed by atoms with E-state index in [0.717, 1.165) is 0 Å². The summed E-state index contributed by atoms with van der Waals surface area (Å²) in [6.07, 6.45) is 0.133. The predicted molar refractivity (Wildman–Crippen MR) is 85.6 cm³/mol. The molecular weight excluding hydrogens is 316 g/mol. The highest BCUT2D eigenvalue weighted by atomic mass is 19.1. The number of imidazole rings is 1. The number of halogens is 2. The number of carbonyl (C=O) groups is 1. The Hall–Kier alpha value is -2.96. The molecule has 2 aromatic carbocycles. The fraction of sp³-hybridized carbons (Fsp3) is 0.176. The van der Waals surface area contributed by atoms with Gasteiger partial charge in [-0.25, -0.2) is 13.6 Å². The lowest BCUT2D eigenvalue weighted by molar-refractivity contribution is -0.120. The van der Waals surface area contributed by atoms with Crippen LogP contribution in [0.2, 0.25) is 0 Å². The van der Waals surface area contributed by atoms with Crippen LogP contribution in [0.4, 0.5) is 8.78 Å². The molecule has 7 heteroatoms. The number of carbonyl (C=O) groups excluding carboxylic acids is 1. The van der Waals surface area contributed by atoms with Crippen LogP contribution in [0.25, 0.3) is 11.0 Å². The van der Waals surface area contributed by atoms with Crippen molar-refractivity contribution >= 4 is 16.9 Å². The van der Waals surface area contributed by atoms with E-state index in [0.29, 0.717) is 16.6 Å². The SMILES string of the molecule is O=C(Cc1ccc(F)cc1)NCCn1c(=O)[nH]c2cc(F)ccc21. The predicted octanol–water partition coefficient (Wildman–Crippen LogP) is 1.97. The highest BCUT2D eigenvalue weighted by Crippen LogP contribution is 2.11. The van der Waals surface area contributed by atoms with Crippen LogP contribution in [0.15, 0.2) is 47.3 Å². The summed E-state index contributed by atoms with van der Waals surface area (Å²) in [5.74, 6) is -1.00. The smallest absolute Gasteiger partial charge is 0.326 e. The van der Waals surface area contributed by atoms with Crippen molar-refractivity contribution in [2.45, 2.75) is 13.0 Å². The van der Waals surface area contributed by atoms with E-state index in [4.69, 9.17) is 0 Å². The molecule has 2 N–H and O–H groups in total. The molecule has 0 radical (unpaired) electrons. The van der Waals surface area contributed by atoms with Gasteiger partial charge in [0.1, 0.15) is 11.6 Å². The lowest BCUT2D eigenvalue weighted by Crippen LogP contribution is -2.31. The van der Waals surface area contributed by atoms with Gasteiger partial charge in [-0.3, -0.25) is 9.36 Å². The summed E-state index contributed by atoms with van der Waals surface area (Å²) in [5, 5.41) is 2.71. The van der Waals surface area contributed by atoms with Gasteiger partial charge in [-0.05, 0) is 35.9 Å². The number of rotatable bonds is 5. The van der Waals surface area contributed by atoms with Crippen molar-refractivity contribution in [3.8, 4) is 0 Å². The Bertz CT molecular complexity index is 929. The summed E-state index contributed by atoms with van der Waals surface area (Å²) < 4.78 is 27.4. The summed E-state index contributed by atoms with van der Waals surface area (Å²) in [6.45, 7) is 0.518. The number of hydrogen-bond acceptors (Lipinski definition) is 2. The molecule has 0 saturated carbocycles. The fourth-order valence-electron chi connectivity index (χ4n) is 2.52. The normalized spacial score (nSPS) is 10.9. The van der Waals surface area contributed by atoms with Gasteiger partial charge in [0.2, 0.25) is 5.91 Å². The van der Waals surface area contributed by atoms with E-state index < -0.39 is 5.82 Å². The third-order valence-electron chi connectivity index (χ3n) is 3.67. The lowest BCUT2D eigenvalue weighted by Gasteiger charge is -2.07. The Morgan fingerprint density at radius 2 is 1.79 bits per heavy atom. The largest absolute Gasteiger partial charge is 0.354 e. The van der Waals surface area contributed by atoms with E-state index in [-0.39, 0.29) is 36.9 Å². The molecule has 0 atom stereocenters. The number of H-pyrrole nitrogens is 1. The second-order valence-electron chi connectivity index (χ2n) is 5.40. The number of benzene rings is 2. The summed E-state index contributed by atoms with van der Waals surface area (Å²) in [4.78, 5) is 26.3. The number of nitrogens with one attached hydrogen (secondary N) is 2. The first kappa shape index (κ1) is 15.9. The van der Waals surface area contributed by atoms with Gasteiger partial charge in [0, 0.05) is 13.1 Å². The molecule has 0 unspecified atom stereocenters. The van der Waals surface area contributed by atoms with Crippen LogP contribution in [0.3, 0.4) is 0 Å². The molecule has 0 bridgehead atoms. The Labute approximate surface area is 135 Å². The number of aromatic nitrogens is 2. The lowest BCUT2D eigenvalue weighted by atomic mass is 10.1. The third kappa shape index (κ3) is 3.51. The maximum absolute atomic E-state index is 13.2. The molecule has 1 heterocycles. The van der Waals surface area contributed by atoms with Crippen molar-refractivity contribution in [3.63, 3.8) is 0 Å². The van der Waals surface area contributed by atoms with E-state index >= 15 is 0 Å². The molecular formula is C17H15F2N3O2. The van der Waals surface area contributed by atoms with Gasteiger partial charge < -0.3 is 10.3 Å². The zero-order valence-corrected chi connectivity index (χ0v) is 12.7. The molecule has 1 aromatic heterocycles. The van der Waals surface area contributed by atoms with E-state index in [1.165, 1.54) is 34.9 Å². The Morgan fingerprint density at radius 3 is 2.54 bits per heavy atom. The number of hydrogen-bond donors (Lipinski definition) is 2. The van der Waals surface area contributed by atoms with Crippen molar-refractivity contribution in [3.05, 3.63) is 70.1 Å². The van der Waals surface area contributed by atoms with E-state index in [9.17, 15) is 18.4 Å². The topological polar surface area (TPSA) is 66.9 Å². The van der Waals surface area contributed by atoms with Crippen LogP contribution >= 0.6 is 0 Å². The second kappa shape index (κ2) is 6.66. The summed E-state index contributed by atoms with van der Waals surface area (Å²) in [5.41, 5.74) is 1.34. The highest BCUT2D eigenvalue weighted by Gasteiger charge is 2.08. The van der Waals surface area contributed by atoms with Gasteiger partial charge >= 0.3 is 5.69 Å². The quantitative estimate of drug-likeness (QED) is 0.751. The fourth-order valence-corrected chi connectivity index (χ4v) is 2.52. The molecule has 0 aliphatic carbocycles. The molecule has 0 fully saturated rings. The first-order chi connectivity index (χ1) is 11.5. The molecule has 0 aliphatic rings. The molecule has 3 rings (SSSR count). The van der Waals surface area contributed by atoms with Crippen LogP contribution in [-0.2, 0) is 17.8 Å².